The van der Waals surface area contributed by atoms with E-state index in [1.165, 1.54) is 0 Å². The summed E-state index contributed by atoms with van der Waals surface area (Å²) in [4.78, 5) is 0. The normalized spacial score (nSPS) is 10.2. The van der Waals surface area contributed by atoms with Gasteiger partial charge in [0.05, 0.1) is 5.52 Å². The van der Waals surface area contributed by atoms with Gasteiger partial charge in [-0.2, -0.15) is 0 Å². The fourth-order valence-corrected chi connectivity index (χ4v) is 1.50. The van der Waals surface area contributed by atoms with Crippen molar-refractivity contribution in [2.45, 2.75) is 0 Å². The molecule has 0 amide bonds. The first kappa shape index (κ1) is 4.87. The average molecular weight is 135 g/mol. The van der Waals surface area contributed by atoms with Gasteiger partial charge in [0.15, 0.2) is 0 Å². The highest BCUT2D eigenvalue weighted by Crippen LogP contribution is 2.06. The van der Waals surface area contributed by atoms with E-state index in [1.54, 1.807) is 0 Å². The Labute approximate surface area is 54.5 Å². The van der Waals surface area contributed by atoms with Crippen molar-refractivity contribution >= 4 is 20.6 Å². The quantitative estimate of drug-likeness (QED) is 0.501. The van der Waals surface area contributed by atoms with E-state index in [-0.39, 0.29) is 9.55 Å². The molecule has 0 spiro atoms. The lowest BCUT2D eigenvalue weighted by molar-refractivity contribution is 0.729. The van der Waals surface area contributed by atoms with Crippen LogP contribution in [-0.2, 0) is 0 Å². The molecule has 2 rings (SSSR count). The molecule has 0 fully saturated rings. The Morgan fingerprint density at radius 2 is 2.22 bits per heavy atom. The van der Waals surface area contributed by atoms with Gasteiger partial charge in [-0.05, 0) is 12.1 Å². The summed E-state index contributed by atoms with van der Waals surface area (Å²) < 4.78 is 9.38. The van der Waals surface area contributed by atoms with Gasteiger partial charge in [0, 0.05) is 0 Å². The molecule has 9 heavy (non-hydrogen) atoms. The van der Waals surface area contributed by atoms with Gasteiger partial charge in [0.25, 0.3) is 0 Å². The molecule has 1 aromatic heterocycles. The Balaban J connectivity index is 2.95. The largest absolute Gasteiger partial charge is 0.501 e. The van der Waals surface area contributed by atoms with Gasteiger partial charge >= 0.3 is 9.55 Å². The molecule has 0 saturated heterocycles. The van der Waals surface area contributed by atoms with Gasteiger partial charge in [-0.1, -0.05) is 12.1 Å². The summed E-state index contributed by atoms with van der Waals surface area (Å²) in [5.74, 6) is 0. The maximum absolute atomic E-state index is 5.22. The second kappa shape index (κ2) is 1.77. The first-order valence-corrected chi connectivity index (χ1v) is 3.74. The van der Waals surface area contributed by atoms with Crippen LogP contribution in [0.5, 0.6) is 0 Å². The topological polar surface area (TPSA) is 26.0 Å². The molecule has 0 bridgehead atoms. The minimum absolute atomic E-state index is 0.157. The third-order valence-corrected chi connectivity index (χ3v) is 1.98. The summed E-state index contributed by atoms with van der Waals surface area (Å²) >= 11 is 0. The van der Waals surface area contributed by atoms with Crippen molar-refractivity contribution in [3.05, 3.63) is 24.3 Å². The van der Waals surface area contributed by atoms with E-state index >= 15 is 0 Å². The van der Waals surface area contributed by atoms with E-state index in [2.05, 4.69) is 4.64 Å². The van der Waals surface area contributed by atoms with Crippen LogP contribution in [0.1, 0.15) is 0 Å². The van der Waals surface area contributed by atoms with Gasteiger partial charge in [-0.3, -0.25) is 4.64 Å². The molecule has 0 radical (unpaired) electrons. The lowest BCUT2D eigenvalue weighted by Gasteiger charge is -1.80. The van der Waals surface area contributed by atoms with Gasteiger partial charge < -0.3 is 4.10 Å². The maximum Gasteiger partial charge on any atom is 0.344 e. The second-order valence-electron chi connectivity index (χ2n) is 1.82. The van der Waals surface area contributed by atoms with E-state index in [9.17, 15) is 0 Å². The number of rotatable bonds is 0. The fraction of sp³-hybridized carbons (Fsp3) is 0. The molecule has 0 N–H and O–H groups in total. The molecule has 3 heteroatoms. The Kier molecular flexibility index (Phi) is 0.958. The van der Waals surface area contributed by atoms with Crippen molar-refractivity contribution < 1.29 is 4.10 Å². The second-order valence-corrected chi connectivity index (χ2v) is 2.52. The van der Waals surface area contributed by atoms with Crippen LogP contribution in [0.4, 0.5) is 0 Å². The van der Waals surface area contributed by atoms with Crippen LogP contribution in [0.25, 0.3) is 11.1 Å². The summed E-state index contributed by atoms with van der Waals surface area (Å²) in [7, 11) is -0.157. The monoisotopic (exact) mass is 135 g/mol. The Hall–Kier alpha value is -0.963. The van der Waals surface area contributed by atoms with Crippen LogP contribution < -0.4 is 0 Å². The van der Waals surface area contributed by atoms with Crippen molar-refractivity contribution in [3.63, 3.8) is 0 Å². The zero-order chi connectivity index (χ0) is 6.10. The minimum atomic E-state index is -0.157. The predicted molar refractivity (Wildman–Crippen MR) is 36.8 cm³/mol. The Bertz CT molecular complexity index is 287. The molecule has 0 atom stereocenters. The summed E-state index contributed by atoms with van der Waals surface area (Å²) in [6.45, 7) is 0. The van der Waals surface area contributed by atoms with Crippen molar-refractivity contribution in [3.8, 4) is 0 Å². The highest BCUT2D eigenvalue weighted by molar-refractivity contribution is 6.14. The SMILES string of the molecule is c1ccc2o[siH]nc2c1. The van der Waals surface area contributed by atoms with E-state index in [0.717, 1.165) is 11.1 Å². The molecule has 0 aliphatic rings. The van der Waals surface area contributed by atoms with E-state index in [0.29, 0.717) is 0 Å². The predicted octanol–water partition coefficient (Wildman–Crippen LogP) is 0.898. The minimum Gasteiger partial charge on any atom is -0.501 e. The Morgan fingerprint density at radius 3 is 3.11 bits per heavy atom. The summed E-state index contributed by atoms with van der Waals surface area (Å²) in [6.07, 6.45) is 0. The van der Waals surface area contributed by atoms with Crippen LogP contribution >= 0.6 is 0 Å². The third kappa shape index (κ3) is 0.694. The molecule has 1 aromatic carbocycles. The average Bonchev–Trinajstić information content (AvgIpc) is 2.33. The zero-order valence-electron chi connectivity index (χ0n) is 4.74. The summed E-state index contributed by atoms with van der Waals surface area (Å²) in [5, 5.41) is 0. The molecular weight excluding hydrogens is 130 g/mol. The molecule has 0 aliphatic heterocycles. The Morgan fingerprint density at radius 1 is 1.33 bits per heavy atom. The first-order chi connectivity index (χ1) is 4.47. The maximum atomic E-state index is 5.22. The van der Waals surface area contributed by atoms with Crippen molar-refractivity contribution in [2.24, 2.45) is 0 Å². The summed E-state index contributed by atoms with van der Waals surface area (Å²) in [5.41, 5.74) is 1.94. The lowest BCUT2D eigenvalue weighted by atomic mass is 10.3. The van der Waals surface area contributed by atoms with Gasteiger partial charge in [0.1, 0.15) is 5.58 Å². The molecule has 1 heterocycles. The number of hydrogen-bond acceptors (Lipinski definition) is 2. The molecule has 0 aliphatic carbocycles. The number of benzene rings is 1. The van der Waals surface area contributed by atoms with Crippen LogP contribution in [0, 0.1) is 0 Å². The van der Waals surface area contributed by atoms with Gasteiger partial charge in [-0.15, -0.1) is 0 Å². The number of aromatic nitrogens is 1. The molecule has 44 valence electrons. The third-order valence-electron chi connectivity index (χ3n) is 1.24. The van der Waals surface area contributed by atoms with Gasteiger partial charge in [-0.25, -0.2) is 0 Å². The lowest BCUT2D eigenvalue weighted by Crippen LogP contribution is -1.64. The highest BCUT2D eigenvalue weighted by Gasteiger charge is 1.90. The molecule has 0 saturated carbocycles. The first-order valence-electron chi connectivity index (χ1n) is 2.75. The van der Waals surface area contributed by atoms with Crippen LogP contribution in [0.15, 0.2) is 28.4 Å². The number of fused-ring (bicyclic) bond motifs is 1. The number of hydrogen-bond donors (Lipinski definition) is 0. The number of para-hydroxylation sites is 2. The van der Waals surface area contributed by atoms with Crippen molar-refractivity contribution in [1.29, 1.82) is 0 Å². The number of nitrogens with zero attached hydrogens (tertiary/aromatic N) is 1. The molecule has 2 aromatic rings. The van der Waals surface area contributed by atoms with Crippen LogP contribution in [-0.4, -0.2) is 14.2 Å². The molecular formula is C6H5NOSi. The molecule has 0 unspecified atom stereocenters. The van der Waals surface area contributed by atoms with Crippen molar-refractivity contribution in [1.82, 2.24) is 4.64 Å². The van der Waals surface area contributed by atoms with Crippen molar-refractivity contribution in [2.75, 3.05) is 0 Å². The smallest absolute Gasteiger partial charge is 0.344 e. The zero-order valence-corrected chi connectivity index (χ0v) is 5.90. The fourth-order valence-electron chi connectivity index (χ4n) is 0.803. The summed E-state index contributed by atoms with van der Waals surface area (Å²) in [6, 6.07) is 7.84. The van der Waals surface area contributed by atoms with E-state index < -0.39 is 0 Å². The van der Waals surface area contributed by atoms with E-state index in [1.807, 2.05) is 24.3 Å². The van der Waals surface area contributed by atoms with Crippen LogP contribution in [0.3, 0.4) is 0 Å². The van der Waals surface area contributed by atoms with E-state index in [4.69, 9.17) is 4.10 Å². The molecule has 2 nitrogen and oxygen atoms in total. The van der Waals surface area contributed by atoms with Gasteiger partial charge in [0.2, 0.25) is 0 Å². The highest BCUT2D eigenvalue weighted by atomic mass is 28.2. The van der Waals surface area contributed by atoms with Crippen LogP contribution in [0.2, 0.25) is 0 Å². The standard InChI is InChI=1S/C6H5NOSi/c1-2-4-6-5(3-1)7-9-8-6/h1-4,9H.